The topological polar surface area (TPSA) is 124 Å². The van der Waals surface area contributed by atoms with Crippen LogP contribution in [0.25, 0.3) is 11.3 Å². The fourth-order valence-electron chi connectivity index (χ4n) is 2.52. The molecular formula is C19H18N4O4S. The molecule has 0 saturated heterocycles. The number of methoxy groups -OCH3 is 1. The van der Waals surface area contributed by atoms with Crippen molar-refractivity contribution in [3.8, 4) is 17.0 Å². The molecule has 9 heteroatoms. The third-order valence-corrected chi connectivity index (χ3v) is 5.39. The van der Waals surface area contributed by atoms with Crippen molar-refractivity contribution in [1.82, 2.24) is 14.7 Å². The summed E-state index contributed by atoms with van der Waals surface area (Å²) in [5.41, 5.74) is 7.56. The molecule has 0 aliphatic heterocycles. The Hall–Kier alpha value is -3.30. The Morgan fingerprint density at radius 3 is 2.61 bits per heavy atom. The van der Waals surface area contributed by atoms with Crippen molar-refractivity contribution in [3.63, 3.8) is 0 Å². The van der Waals surface area contributed by atoms with Crippen LogP contribution < -0.4 is 15.2 Å². The van der Waals surface area contributed by atoms with Gasteiger partial charge in [-0.15, -0.1) is 0 Å². The number of aromatic nitrogens is 2. The fraction of sp³-hybridized carbons (Fsp3) is 0.105. The van der Waals surface area contributed by atoms with Gasteiger partial charge < -0.3 is 10.5 Å². The molecule has 0 bridgehead atoms. The number of hydrogen-bond acceptors (Lipinski definition) is 6. The van der Waals surface area contributed by atoms with E-state index in [1.54, 1.807) is 30.7 Å². The lowest BCUT2D eigenvalue weighted by molar-refractivity contribution is 0.0997. The molecular weight excluding hydrogens is 380 g/mol. The predicted molar refractivity (Wildman–Crippen MR) is 103 cm³/mol. The number of nitrogens with one attached hydrogen (secondary N) is 1. The van der Waals surface area contributed by atoms with Crippen molar-refractivity contribution in [3.05, 3.63) is 72.2 Å². The summed E-state index contributed by atoms with van der Waals surface area (Å²) in [6, 6.07) is 11.2. The van der Waals surface area contributed by atoms with Crippen molar-refractivity contribution >= 4 is 15.9 Å². The molecule has 0 radical (unpaired) electrons. The van der Waals surface area contributed by atoms with E-state index in [2.05, 4.69) is 14.7 Å². The Labute approximate surface area is 162 Å². The Bertz CT molecular complexity index is 1080. The first-order valence-corrected chi connectivity index (χ1v) is 9.72. The van der Waals surface area contributed by atoms with E-state index in [1.807, 2.05) is 12.1 Å². The van der Waals surface area contributed by atoms with Gasteiger partial charge in [-0.2, -0.15) is 0 Å². The summed E-state index contributed by atoms with van der Waals surface area (Å²) in [5, 5.41) is 0. The third kappa shape index (κ3) is 4.33. The van der Waals surface area contributed by atoms with E-state index in [0.717, 1.165) is 11.3 Å². The smallest absolute Gasteiger partial charge is 0.252 e. The van der Waals surface area contributed by atoms with Crippen LogP contribution in [0.2, 0.25) is 0 Å². The molecule has 3 N–H and O–H groups in total. The maximum absolute atomic E-state index is 12.5. The SMILES string of the molecule is COc1ccc(S(=O)(=O)NCc2ccc(-c3cccnc3)nc2)cc1C(N)=O. The number of carbonyl (C=O) groups is 1. The van der Waals surface area contributed by atoms with Crippen LogP contribution in [0.5, 0.6) is 5.75 Å². The normalized spacial score (nSPS) is 11.2. The fourth-order valence-corrected chi connectivity index (χ4v) is 3.57. The molecule has 3 aromatic rings. The van der Waals surface area contributed by atoms with Gasteiger partial charge in [0, 0.05) is 30.7 Å². The van der Waals surface area contributed by atoms with Gasteiger partial charge in [0.15, 0.2) is 0 Å². The van der Waals surface area contributed by atoms with Gasteiger partial charge in [-0.25, -0.2) is 13.1 Å². The summed E-state index contributed by atoms with van der Waals surface area (Å²) >= 11 is 0. The molecule has 0 unspecified atom stereocenters. The molecule has 0 aliphatic carbocycles. The zero-order chi connectivity index (χ0) is 20.1. The van der Waals surface area contributed by atoms with E-state index < -0.39 is 15.9 Å². The van der Waals surface area contributed by atoms with Gasteiger partial charge in [-0.05, 0) is 42.0 Å². The lowest BCUT2D eigenvalue weighted by Gasteiger charge is -2.10. The minimum Gasteiger partial charge on any atom is -0.496 e. The van der Waals surface area contributed by atoms with Gasteiger partial charge in [-0.3, -0.25) is 14.8 Å². The predicted octanol–water partition coefficient (Wildman–Crippen LogP) is 1.73. The molecule has 0 saturated carbocycles. The average Bonchev–Trinajstić information content (AvgIpc) is 2.72. The molecule has 1 amide bonds. The van der Waals surface area contributed by atoms with E-state index in [0.29, 0.717) is 5.56 Å². The zero-order valence-electron chi connectivity index (χ0n) is 15.0. The number of primary amides is 1. The second-order valence-electron chi connectivity index (χ2n) is 5.84. The average molecular weight is 398 g/mol. The van der Waals surface area contributed by atoms with Crippen molar-refractivity contribution < 1.29 is 17.9 Å². The number of sulfonamides is 1. The Morgan fingerprint density at radius 1 is 1.18 bits per heavy atom. The monoisotopic (exact) mass is 398 g/mol. The molecule has 0 spiro atoms. The lowest BCUT2D eigenvalue weighted by atomic mass is 10.1. The highest BCUT2D eigenvalue weighted by Gasteiger charge is 2.18. The second kappa shape index (κ2) is 8.15. The molecule has 8 nitrogen and oxygen atoms in total. The number of amides is 1. The highest BCUT2D eigenvalue weighted by atomic mass is 32.2. The minimum absolute atomic E-state index is 0.00661. The maximum Gasteiger partial charge on any atom is 0.252 e. The third-order valence-electron chi connectivity index (χ3n) is 4.00. The number of carbonyl (C=O) groups excluding carboxylic acids is 1. The number of hydrogen-bond donors (Lipinski definition) is 2. The maximum atomic E-state index is 12.5. The highest BCUT2D eigenvalue weighted by Crippen LogP contribution is 2.22. The Balaban J connectivity index is 1.75. The Morgan fingerprint density at radius 2 is 2.00 bits per heavy atom. The first-order valence-electron chi connectivity index (χ1n) is 8.23. The Kier molecular flexibility index (Phi) is 5.67. The van der Waals surface area contributed by atoms with Gasteiger partial charge >= 0.3 is 0 Å². The van der Waals surface area contributed by atoms with Crippen molar-refractivity contribution in [2.75, 3.05) is 7.11 Å². The zero-order valence-corrected chi connectivity index (χ0v) is 15.8. The van der Waals surface area contributed by atoms with E-state index in [-0.39, 0.29) is 22.8 Å². The van der Waals surface area contributed by atoms with Crippen LogP contribution >= 0.6 is 0 Å². The van der Waals surface area contributed by atoms with Crippen molar-refractivity contribution in [2.24, 2.45) is 5.73 Å². The second-order valence-corrected chi connectivity index (χ2v) is 7.61. The largest absolute Gasteiger partial charge is 0.496 e. The van der Waals surface area contributed by atoms with Gasteiger partial charge in [0.1, 0.15) is 5.75 Å². The van der Waals surface area contributed by atoms with Crippen LogP contribution in [-0.2, 0) is 16.6 Å². The van der Waals surface area contributed by atoms with Crippen LogP contribution in [0.4, 0.5) is 0 Å². The van der Waals surface area contributed by atoms with Crippen LogP contribution in [0.3, 0.4) is 0 Å². The lowest BCUT2D eigenvalue weighted by Crippen LogP contribution is -2.24. The molecule has 2 aromatic heterocycles. The summed E-state index contributed by atoms with van der Waals surface area (Å²) in [6.07, 6.45) is 4.97. The highest BCUT2D eigenvalue weighted by molar-refractivity contribution is 7.89. The first kappa shape index (κ1) is 19.5. The summed E-state index contributed by atoms with van der Waals surface area (Å²) in [4.78, 5) is 19.8. The van der Waals surface area contributed by atoms with Crippen molar-refractivity contribution in [2.45, 2.75) is 11.4 Å². The molecule has 2 heterocycles. The van der Waals surface area contributed by atoms with Gasteiger partial charge in [0.25, 0.3) is 5.91 Å². The van der Waals surface area contributed by atoms with Gasteiger partial charge in [-0.1, -0.05) is 6.07 Å². The van der Waals surface area contributed by atoms with E-state index in [1.165, 1.54) is 25.3 Å². The molecule has 144 valence electrons. The van der Waals surface area contributed by atoms with E-state index >= 15 is 0 Å². The molecule has 3 rings (SSSR count). The molecule has 1 aromatic carbocycles. The van der Waals surface area contributed by atoms with Crippen LogP contribution in [0.1, 0.15) is 15.9 Å². The summed E-state index contributed by atoms with van der Waals surface area (Å²) < 4.78 is 32.6. The van der Waals surface area contributed by atoms with Gasteiger partial charge in [0.2, 0.25) is 10.0 Å². The summed E-state index contributed by atoms with van der Waals surface area (Å²) in [5.74, 6) is -0.564. The number of nitrogens with two attached hydrogens (primary N) is 1. The molecule has 0 aliphatic rings. The first-order chi connectivity index (χ1) is 13.4. The quantitative estimate of drug-likeness (QED) is 0.624. The molecule has 0 atom stereocenters. The number of nitrogens with zero attached hydrogens (tertiary/aromatic N) is 2. The number of pyridine rings is 2. The van der Waals surface area contributed by atoms with Crippen LogP contribution in [0, 0.1) is 0 Å². The molecule has 28 heavy (non-hydrogen) atoms. The number of rotatable bonds is 7. The summed E-state index contributed by atoms with van der Waals surface area (Å²) in [6.45, 7) is 0.0422. The van der Waals surface area contributed by atoms with E-state index in [9.17, 15) is 13.2 Å². The van der Waals surface area contributed by atoms with E-state index in [4.69, 9.17) is 10.5 Å². The van der Waals surface area contributed by atoms with Gasteiger partial charge in [0.05, 0.1) is 23.3 Å². The minimum atomic E-state index is -3.85. The van der Waals surface area contributed by atoms with Crippen LogP contribution in [-0.4, -0.2) is 31.4 Å². The van der Waals surface area contributed by atoms with Crippen LogP contribution in [0.15, 0.2) is 66.0 Å². The van der Waals surface area contributed by atoms with Crippen molar-refractivity contribution in [1.29, 1.82) is 0 Å². The molecule has 0 fully saturated rings. The summed E-state index contributed by atoms with van der Waals surface area (Å²) in [7, 11) is -2.48. The number of benzene rings is 1. The number of ether oxygens (including phenoxy) is 1. The standard InChI is InChI=1S/C19H18N4O4S/c1-27-18-7-5-15(9-16(18)19(20)24)28(25,26)23-11-13-4-6-17(22-10-13)14-3-2-8-21-12-14/h2-10,12,23H,11H2,1H3,(H2,20,24).